The second-order valence-electron chi connectivity index (χ2n) is 5.11. The highest BCUT2D eigenvalue weighted by molar-refractivity contribution is 7.19. The summed E-state index contributed by atoms with van der Waals surface area (Å²) in [6.45, 7) is 0.804. The summed E-state index contributed by atoms with van der Waals surface area (Å²) in [6.07, 6.45) is 5.63. The molecule has 0 bridgehead atoms. The SMILES string of the molecule is NNc1nc(C2CCCO2)nc2sc3c(c12)CCC3. The molecule has 1 aliphatic heterocycles. The van der Waals surface area contributed by atoms with Crippen molar-refractivity contribution >= 4 is 27.4 Å². The van der Waals surface area contributed by atoms with Gasteiger partial charge >= 0.3 is 0 Å². The van der Waals surface area contributed by atoms with Crippen molar-refractivity contribution in [3.63, 3.8) is 0 Å². The maximum atomic E-state index is 5.68. The number of ether oxygens (including phenoxy) is 1. The number of hydrazine groups is 1. The third kappa shape index (κ3) is 1.74. The Morgan fingerprint density at radius 2 is 2.21 bits per heavy atom. The topological polar surface area (TPSA) is 73.1 Å². The van der Waals surface area contributed by atoms with Gasteiger partial charge in [-0.25, -0.2) is 15.8 Å². The van der Waals surface area contributed by atoms with Gasteiger partial charge in [0.05, 0.1) is 5.39 Å². The van der Waals surface area contributed by atoms with Crippen LogP contribution in [-0.2, 0) is 17.6 Å². The van der Waals surface area contributed by atoms with Crippen LogP contribution >= 0.6 is 11.3 Å². The van der Waals surface area contributed by atoms with Crippen LogP contribution in [0, 0.1) is 0 Å². The van der Waals surface area contributed by atoms with E-state index in [1.807, 2.05) is 0 Å². The van der Waals surface area contributed by atoms with E-state index in [2.05, 4.69) is 10.4 Å². The molecule has 0 amide bonds. The monoisotopic (exact) mass is 276 g/mol. The normalized spacial score (nSPS) is 22.1. The van der Waals surface area contributed by atoms with Crippen LogP contribution in [0.25, 0.3) is 10.2 Å². The van der Waals surface area contributed by atoms with Crippen LogP contribution in [0.1, 0.15) is 41.6 Å². The number of hydrogen-bond donors (Lipinski definition) is 2. The predicted octanol–water partition coefficient (Wildman–Crippen LogP) is 2.32. The van der Waals surface area contributed by atoms with Crippen molar-refractivity contribution < 1.29 is 4.74 Å². The summed E-state index contributed by atoms with van der Waals surface area (Å²) in [5, 5.41) is 1.13. The van der Waals surface area contributed by atoms with Gasteiger partial charge in [-0.1, -0.05) is 0 Å². The van der Waals surface area contributed by atoms with Gasteiger partial charge in [0.1, 0.15) is 10.9 Å². The van der Waals surface area contributed by atoms with Gasteiger partial charge in [0, 0.05) is 11.5 Å². The summed E-state index contributed by atoms with van der Waals surface area (Å²) >= 11 is 1.79. The lowest BCUT2D eigenvalue weighted by Gasteiger charge is -2.10. The molecule has 0 spiro atoms. The van der Waals surface area contributed by atoms with E-state index < -0.39 is 0 Å². The number of thiophene rings is 1. The molecule has 1 saturated heterocycles. The average Bonchev–Trinajstić information content (AvgIpc) is 3.13. The Bertz CT molecular complexity index is 633. The molecule has 6 heteroatoms. The third-order valence-electron chi connectivity index (χ3n) is 3.94. The zero-order chi connectivity index (χ0) is 12.8. The number of rotatable bonds is 2. The van der Waals surface area contributed by atoms with Crippen LogP contribution in [0.2, 0.25) is 0 Å². The molecule has 1 aliphatic carbocycles. The van der Waals surface area contributed by atoms with E-state index in [-0.39, 0.29) is 6.10 Å². The Hall–Kier alpha value is -1.24. The molecule has 0 aromatic carbocycles. The summed E-state index contributed by atoms with van der Waals surface area (Å²) < 4.78 is 5.68. The lowest BCUT2D eigenvalue weighted by molar-refractivity contribution is 0.105. The molecule has 19 heavy (non-hydrogen) atoms. The van der Waals surface area contributed by atoms with Gasteiger partial charge in [-0.15, -0.1) is 11.3 Å². The van der Waals surface area contributed by atoms with Crippen molar-refractivity contribution in [1.29, 1.82) is 0 Å². The van der Waals surface area contributed by atoms with E-state index in [1.54, 1.807) is 11.3 Å². The molecule has 1 atom stereocenters. The largest absolute Gasteiger partial charge is 0.370 e. The Kier molecular flexibility index (Phi) is 2.68. The fourth-order valence-corrected chi connectivity index (χ4v) is 4.31. The van der Waals surface area contributed by atoms with E-state index in [0.29, 0.717) is 0 Å². The van der Waals surface area contributed by atoms with E-state index in [0.717, 1.165) is 54.1 Å². The number of nitrogens with zero attached hydrogens (tertiary/aromatic N) is 2. The molecule has 4 rings (SSSR count). The minimum absolute atomic E-state index is 0.0356. The first-order chi connectivity index (χ1) is 9.36. The van der Waals surface area contributed by atoms with Crippen molar-refractivity contribution in [2.45, 2.75) is 38.2 Å². The number of aryl methyl sites for hydroxylation is 2. The first-order valence-electron chi connectivity index (χ1n) is 6.77. The van der Waals surface area contributed by atoms with Crippen molar-refractivity contribution in [3.8, 4) is 0 Å². The van der Waals surface area contributed by atoms with Crippen molar-refractivity contribution in [1.82, 2.24) is 9.97 Å². The third-order valence-corrected chi connectivity index (χ3v) is 5.12. The van der Waals surface area contributed by atoms with Gasteiger partial charge < -0.3 is 10.2 Å². The second-order valence-corrected chi connectivity index (χ2v) is 6.20. The molecule has 1 fully saturated rings. The second kappa shape index (κ2) is 4.40. The van der Waals surface area contributed by atoms with Crippen LogP contribution in [0.5, 0.6) is 0 Å². The summed E-state index contributed by atoms with van der Waals surface area (Å²) in [7, 11) is 0. The lowest BCUT2D eigenvalue weighted by atomic mass is 10.2. The molecule has 2 aromatic rings. The number of fused-ring (bicyclic) bond motifs is 3. The number of nitrogen functional groups attached to an aromatic ring is 1. The molecule has 0 saturated carbocycles. The first-order valence-corrected chi connectivity index (χ1v) is 7.59. The van der Waals surface area contributed by atoms with Gasteiger partial charge in [-0.3, -0.25) is 0 Å². The fourth-order valence-electron chi connectivity index (χ4n) is 3.04. The highest BCUT2D eigenvalue weighted by atomic mass is 32.1. The van der Waals surface area contributed by atoms with Crippen LogP contribution < -0.4 is 11.3 Å². The molecule has 0 radical (unpaired) electrons. The molecule has 2 aromatic heterocycles. The standard InChI is InChI=1S/C13H16N4OS/c14-17-12-10-7-3-1-5-9(7)19-13(10)16-11(15-12)8-4-2-6-18-8/h8H,1-6,14H2,(H,15,16,17). The maximum absolute atomic E-state index is 5.68. The van der Waals surface area contributed by atoms with Crippen LogP contribution in [-0.4, -0.2) is 16.6 Å². The Balaban J connectivity index is 1.90. The maximum Gasteiger partial charge on any atom is 0.161 e. The van der Waals surface area contributed by atoms with Gasteiger partial charge in [-0.05, 0) is 37.7 Å². The lowest BCUT2D eigenvalue weighted by Crippen LogP contribution is -2.12. The Morgan fingerprint density at radius 1 is 1.26 bits per heavy atom. The number of nitrogens with one attached hydrogen (secondary N) is 1. The summed E-state index contributed by atoms with van der Waals surface area (Å²) in [5.74, 6) is 7.20. The minimum Gasteiger partial charge on any atom is -0.370 e. The average molecular weight is 276 g/mol. The zero-order valence-electron chi connectivity index (χ0n) is 10.6. The molecule has 3 heterocycles. The Morgan fingerprint density at radius 3 is 3.00 bits per heavy atom. The van der Waals surface area contributed by atoms with E-state index in [4.69, 9.17) is 15.6 Å². The molecule has 100 valence electrons. The summed E-state index contributed by atoms with van der Waals surface area (Å²) in [5.41, 5.74) is 4.14. The quantitative estimate of drug-likeness (QED) is 0.650. The van der Waals surface area contributed by atoms with E-state index in [1.165, 1.54) is 16.9 Å². The van der Waals surface area contributed by atoms with Crippen molar-refractivity contribution in [3.05, 3.63) is 16.3 Å². The van der Waals surface area contributed by atoms with E-state index in [9.17, 15) is 0 Å². The minimum atomic E-state index is 0.0356. The number of aromatic nitrogens is 2. The van der Waals surface area contributed by atoms with Crippen LogP contribution in [0.4, 0.5) is 5.82 Å². The molecule has 5 nitrogen and oxygen atoms in total. The summed E-state index contributed by atoms with van der Waals surface area (Å²) in [6, 6.07) is 0. The molecular formula is C13H16N4OS. The first kappa shape index (κ1) is 11.6. The predicted molar refractivity (Wildman–Crippen MR) is 75.2 cm³/mol. The highest BCUT2D eigenvalue weighted by Crippen LogP contribution is 2.40. The zero-order valence-corrected chi connectivity index (χ0v) is 11.4. The smallest absolute Gasteiger partial charge is 0.161 e. The Labute approximate surface area is 115 Å². The molecule has 1 unspecified atom stereocenters. The molecule has 2 aliphatic rings. The van der Waals surface area contributed by atoms with E-state index >= 15 is 0 Å². The van der Waals surface area contributed by atoms with Gasteiger partial charge in [0.2, 0.25) is 0 Å². The van der Waals surface area contributed by atoms with Gasteiger partial charge in [0.15, 0.2) is 11.6 Å². The van der Waals surface area contributed by atoms with Gasteiger partial charge in [-0.2, -0.15) is 0 Å². The molecule has 3 N–H and O–H groups in total. The molecular weight excluding hydrogens is 260 g/mol. The summed E-state index contributed by atoms with van der Waals surface area (Å²) in [4.78, 5) is 11.8. The fraction of sp³-hybridized carbons (Fsp3) is 0.538. The van der Waals surface area contributed by atoms with Crippen molar-refractivity contribution in [2.24, 2.45) is 5.84 Å². The van der Waals surface area contributed by atoms with Crippen LogP contribution in [0.15, 0.2) is 0 Å². The van der Waals surface area contributed by atoms with Crippen molar-refractivity contribution in [2.75, 3.05) is 12.0 Å². The van der Waals surface area contributed by atoms with Gasteiger partial charge in [0.25, 0.3) is 0 Å². The number of anilines is 1. The number of nitrogens with two attached hydrogens (primary N) is 1. The highest BCUT2D eigenvalue weighted by Gasteiger charge is 2.26. The number of hydrogen-bond acceptors (Lipinski definition) is 6. The van der Waals surface area contributed by atoms with Crippen LogP contribution in [0.3, 0.4) is 0 Å².